The third kappa shape index (κ3) is 3.71. The Bertz CT molecular complexity index is 457. The van der Waals surface area contributed by atoms with E-state index in [4.69, 9.17) is 4.74 Å². The smallest absolute Gasteiger partial charge is 0.218 e. The van der Waals surface area contributed by atoms with E-state index < -0.39 is 10.0 Å². The topological polar surface area (TPSA) is 46.6 Å². The van der Waals surface area contributed by atoms with Crippen LogP contribution in [-0.2, 0) is 15.8 Å². The summed E-state index contributed by atoms with van der Waals surface area (Å²) < 4.78 is 30.6. The Morgan fingerprint density at radius 2 is 1.94 bits per heavy atom. The molecule has 0 unspecified atom stereocenters. The largest absolute Gasteiger partial charge is 0.496 e. The zero-order valence-corrected chi connectivity index (χ0v) is 11.3. The lowest BCUT2D eigenvalue weighted by Gasteiger charge is -2.17. The van der Waals surface area contributed by atoms with Crippen LogP contribution >= 0.6 is 0 Å². The van der Waals surface area contributed by atoms with E-state index >= 15 is 0 Å². The average molecular weight is 257 g/mol. The molecule has 1 aromatic carbocycles. The molecule has 0 saturated carbocycles. The molecular weight excluding hydrogens is 238 g/mol. The van der Waals surface area contributed by atoms with Crippen molar-refractivity contribution in [3.05, 3.63) is 29.8 Å². The van der Waals surface area contributed by atoms with Crippen molar-refractivity contribution in [3.8, 4) is 5.75 Å². The molecule has 0 amide bonds. The van der Waals surface area contributed by atoms with E-state index in [2.05, 4.69) is 0 Å². The van der Waals surface area contributed by atoms with Gasteiger partial charge >= 0.3 is 0 Å². The van der Waals surface area contributed by atoms with Crippen molar-refractivity contribution in [3.63, 3.8) is 0 Å². The van der Waals surface area contributed by atoms with Crippen molar-refractivity contribution < 1.29 is 13.2 Å². The second-order valence-corrected chi connectivity index (χ2v) is 5.97. The van der Waals surface area contributed by atoms with Crippen LogP contribution in [0.15, 0.2) is 24.3 Å². The highest BCUT2D eigenvalue weighted by molar-refractivity contribution is 7.88. The first-order valence-electron chi connectivity index (χ1n) is 5.57. The molecular formula is C12H19NO3S. The fraction of sp³-hybridized carbons (Fsp3) is 0.500. The van der Waals surface area contributed by atoms with Crippen LogP contribution in [0.4, 0.5) is 0 Å². The summed E-state index contributed by atoms with van der Waals surface area (Å²) in [6, 6.07) is 7.18. The maximum absolute atomic E-state index is 12.0. The lowest BCUT2D eigenvalue weighted by molar-refractivity contribution is 0.410. The average Bonchev–Trinajstić information content (AvgIpc) is 2.29. The summed E-state index contributed by atoms with van der Waals surface area (Å²) in [6.45, 7) is 2.49. The highest BCUT2D eigenvalue weighted by atomic mass is 32.2. The van der Waals surface area contributed by atoms with E-state index in [1.807, 2.05) is 19.1 Å². The fourth-order valence-electron chi connectivity index (χ4n) is 1.58. The number of benzene rings is 1. The molecule has 0 saturated heterocycles. The Labute approximate surface area is 103 Å². The highest BCUT2D eigenvalue weighted by Gasteiger charge is 2.19. The Kier molecular flexibility index (Phi) is 4.96. The van der Waals surface area contributed by atoms with E-state index in [9.17, 15) is 8.42 Å². The normalized spacial score (nSPS) is 11.8. The minimum Gasteiger partial charge on any atom is -0.496 e. The van der Waals surface area contributed by atoms with Crippen molar-refractivity contribution in [2.75, 3.05) is 20.7 Å². The molecule has 0 bridgehead atoms. The van der Waals surface area contributed by atoms with Crippen LogP contribution in [0.3, 0.4) is 0 Å². The predicted molar refractivity (Wildman–Crippen MR) is 68.5 cm³/mol. The van der Waals surface area contributed by atoms with Gasteiger partial charge in [-0.25, -0.2) is 12.7 Å². The van der Waals surface area contributed by atoms with Crippen molar-refractivity contribution in [2.24, 2.45) is 0 Å². The van der Waals surface area contributed by atoms with Gasteiger partial charge in [-0.3, -0.25) is 0 Å². The van der Waals surface area contributed by atoms with Crippen LogP contribution in [0.25, 0.3) is 0 Å². The second-order valence-electron chi connectivity index (χ2n) is 3.89. The lowest BCUT2D eigenvalue weighted by atomic mass is 10.2. The third-order valence-electron chi connectivity index (χ3n) is 2.54. The maximum atomic E-state index is 12.0. The van der Waals surface area contributed by atoms with Gasteiger partial charge in [0.25, 0.3) is 0 Å². The maximum Gasteiger partial charge on any atom is 0.218 e. The standard InChI is InChI=1S/C12H19NO3S/c1-4-9-13(2)17(14,15)10-11-7-5-6-8-12(11)16-3/h5-8H,4,9-10H2,1-3H3. The predicted octanol–water partition coefficient (Wildman–Crippen LogP) is 1.87. The Hall–Kier alpha value is -1.07. The highest BCUT2D eigenvalue weighted by Crippen LogP contribution is 2.20. The molecule has 0 radical (unpaired) electrons. The van der Waals surface area contributed by atoms with Gasteiger partial charge in [0.05, 0.1) is 12.9 Å². The molecule has 96 valence electrons. The molecule has 1 aromatic rings. The second kappa shape index (κ2) is 6.02. The van der Waals surface area contributed by atoms with Gasteiger partial charge in [0.15, 0.2) is 0 Å². The number of hydrogen-bond donors (Lipinski definition) is 0. The first kappa shape index (κ1) is 14.0. The number of rotatable bonds is 6. The van der Waals surface area contributed by atoms with Gasteiger partial charge in [-0.2, -0.15) is 0 Å². The van der Waals surface area contributed by atoms with Gasteiger partial charge in [0.2, 0.25) is 10.0 Å². The summed E-state index contributed by atoms with van der Waals surface area (Å²) in [4.78, 5) is 0. The van der Waals surface area contributed by atoms with E-state index in [1.54, 1.807) is 26.3 Å². The molecule has 0 aliphatic rings. The van der Waals surface area contributed by atoms with Crippen molar-refractivity contribution in [2.45, 2.75) is 19.1 Å². The van der Waals surface area contributed by atoms with Gasteiger partial charge in [0, 0.05) is 19.2 Å². The number of nitrogens with zero attached hydrogens (tertiary/aromatic N) is 1. The monoisotopic (exact) mass is 257 g/mol. The molecule has 17 heavy (non-hydrogen) atoms. The van der Waals surface area contributed by atoms with Crippen molar-refractivity contribution in [1.82, 2.24) is 4.31 Å². The number of ether oxygens (including phenoxy) is 1. The number of sulfonamides is 1. The quantitative estimate of drug-likeness (QED) is 0.781. The van der Waals surface area contributed by atoms with Crippen LogP contribution in [0.5, 0.6) is 5.75 Å². The summed E-state index contributed by atoms with van der Waals surface area (Å²) in [7, 11) is -0.106. The SMILES string of the molecule is CCCN(C)S(=O)(=O)Cc1ccccc1OC. The van der Waals surface area contributed by atoms with Crippen molar-refractivity contribution >= 4 is 10.0 Å². The molecule has 0 aliphatic heterocycles. The fourth-order valence-corrected chi connectivity index (χ4v) is 2.90. The molecule has 5 heteroatoms. The minimum absolute atomic E-state index is 0.0203. The lowest BCUT2D eigenvalue weighted by Crippen LogP contribution is -2.28. The Morgan fingerprint density at radius 1 is 1.29 bits per heavy atom. The van der Waals surface area contributed by atoms with E-state index in [-0.39, 0.29) is 5.75 Å². The van der Waals surface area contributed by atoms with Gasteiger partial charge in [-0.1, -0.05) is 25.1 Å². The van der Waals surface area contributed by atoms with E-state index in [0.29, 0.717) is 17.9 Å². The van der Waals surface area contributed by atoms with Crippen LogP contribution in [0.2, 0.25) is 0 Å². The zero-order chi connectivity index (χ0) is 12.9. The molecule has 0 heterocycles. The van der Waals surface area contributed by atoms with Gasteiger partial charge in [0.1, 0.15) is 5.75 Å². The summed E-state index contributed by atoms with van der Waals surface area (Å²) in [5.74, 6) is 0.592. The Balaban J connectivity index is 2.90. The molecule has 0 fully saturated rings. The van der Waals surface area contributed by atoms with Gasteiger partial charge in [-0.15, -0.1) is 0 Å². The minimum atomic E-state index is -3.25. The Morgan fingerprint density at radius 3 is 2.53 bits per heavy atom. The number of para-hydroxylation sites is 1. The van der Waals surface area contributed by atoms with Crippen molar-refractivity contribution in [1.29, 1.82) is 0 Å². The molecule has 4 nitrogen and oxygen atoms in total. The van der Waals surface area contributed by atoms with Crippen LogP contribution in [0, 0.1) is 0 Å². The third-order valence-corrected chi connectivity index (χ3v) is 4.35. The van der Waals surface area contributed by atoms with Crippen LogP contribution in [-0.4, -0.2) is 33.4 Å². The summed E-state index contributed by atoms with van der Waals surface area (Å²) in [5.41, 5.74) is 0.693. The molecule has 0 aromatic heterocycles. The van der Waals surface area contributed by atoms with E-state index in [1.165, 1.54) is 4.31 Å². The molecule has 0 spiro atoms. The van der Waals surface area contributed by atoms with Gasteiger partial charge < -0.3 is 4.74 Å². The number of methoxy groups -OCH3 is 1. The first-order chi connectivity index (χ1) is 8.01. The number of hydrogen-bond acceptors (Lipinski definition) is 3. The first-order valence-corrected chi connectivity index (χ1v) is 7.18. The van der Waals surface area contributed by atoms with Crippen LogP contribution < -0.4 is 4.74 Å². The molecule has 0 aliphatic carbocycles. The van der Waals surface area contributed by atoms with E-state index in [0.717, 1.165) is 6.42 Å². The molecule has 1 rings (SSSR count). The summed E-state index contributed by atoms with van der Waals surface area (Å²) >= 11 is 0. The summed E-state index contributed by atoms with van der Waals surface area (Å²) in [6.07, 6.45) is 0.807. The van der Waals surface area contributed by atoms with Crippen LogP contribution in [0.1, 0.15) is 18.9 Å². The summed E-state index contributed by atoms with van der Waals surface area (Å²) in [5, 5.41) is 0. The zero-order valence-electron chi connectivity index (χ0n) is 10.5. The molecule has 0 N–H and O–H groups in total. The molecule has 0 atom stereocenters. The van der Waals surface area contributed by atoms with Gasteiger partial charge in [-0.05, 0) is 12.5 Å².